The average Bonchev–Trinajstić information content (AvgIpc) is 3.39. The van der Waals surface area contributed by atoms with E-state index in [0.717, 1.165) is 6.42 Å². The molecule has 0 bridgehead atoms. The van der Waals surface area contributed by atoms with Gasteiger partial charge >= 0.3 is 0 Å². The normalized spacial score (nSPS) is 15.0. The maximum absolute atomic E-state index is 2.39. The molecule has 7 aromatic rings. The maximum atomic E-state index is 2.39. The topological polar surface area (TPSA) is 4.93 Å². The van der Waals surface area contributed by atoms with Crippen LogP contribution in [0.3, 0.4) is 0 Å². The molecule has 1 aliphatic rings. The standard InChI is InChI=1S/C40H31N/c1-27(38-26-31-10-2-3-11-33(31)34-12-4-5-13-35(34)38)28-18-20-29(21-19-28)30-22-24-32(25-23-30)41-39-16-8-6-14-36(39)37-15-7-9-17-40(37)41/h2-25,27,38H,26H2,1H3. The number of fused-ring (bicyclic) bond motifs is 6. The third kappa shape index (κ3) is 3.92. The fraction of sp³-hybridized carbons (Fsp3) is 0.100. The van der Waals surface area contributed by atoms with Crippen molar-refractivity contribution in [1.29, 1.82) is 0 Å². The summed E-state index contributed by atoms with van der Waals surface area (Å²) in [7, 11) is 0. The summed E-state index contributed by atoms with van der Waals surface area (Å²) in [5, 5.41) is 2.59. The van der Waals surface area contributed by atoms with Crippen LogP contribution in [0.2, 0.25) is 0 Å². The van der Waals surface area contributed by atoms with Gasteiger partial charge in [-0.1, -0.05) is 128 Å². The Morgan fingerprint density at radius 2 is 1.07 bits per heavy atom. The molecule has 41 heavy (non-hydrogen) atoms. The van der Waals surface area contributed by atoms with Gasteiger partial charge in [-0.25, -0.2) is 0 Å². The van der Waals surface area contributed by atoms with Crippen LogP contribution in [0.4, 0.5) is 0 Å². The number of nitrogens with zero attached hydrogens (tertiary/aromatic N) is 1. The number of aromatic nitrogens is 1. The van der Waals surface area contributed by atoms with Crippen molar-refractivity contribution >= 4 is 21.8 Å². The molecule has 0 spiro atoms. The van der Waals surface area contributed by atoms with Crippen molar-refractivity contribution in [1.82, 2.24) is 4.57 Å². The number of hydrogen-bond acceptors (Lipinski definition) is 0. The van der Waals surface area contributed by atoms with E-state index in [9.17, 15) is 0 Å². The van der Waals surface area contributed by atoms with E-state index >= 15 is 0 Å². The Morgan fingerprint density at radius 3 is 1.76 bits per heavy atom. The van der Waals surface area contributed by atoms with Crippen LogP contribution in [-0.2, 0) is 6.42 Å². The van der Waals surface area contributed by atoms with Gasteiger partial charge in [0, 0.05) is 16.5 Å². The van der Waals surface area contributed by atoms with Gasteiger partial charge in [-0.2, -0.15) is 0 Å². The monoisotopic (exact) mass is 525 g/mol. The van der Waals surface area contributed by atoms with Crippen molar-refractivity contribution in [2.45, 2.75) is 25.2 Å². The Labute approximate surface area is 241 Å². The van der Waals surface area contributed by atoms with Crippen molar-refractivity contribution in [2.75, 3.05) is 0 Å². The summed E-state index contributed by atoms with van der Waals surface area (Å²) in [6, 6.07) is 53.5. The van der Waals surface area contributed by atoms with Gasteiger partial charge in [0.15, 0.2) is 0 Å². The second-order valence-corrected chi connectivity index (χ2v) is 11.4. The number of benzene rings is 6. The van der Waals surface area contributed by atoms with Gasteiger partial charge in [0.2, 0.25) is 0 Å². The minimum atomic E-state index is 0.427. The first-order valence-electron chi connectivity index (χ1n) is 14.6. The highest BCUT2D eigenvalue weighted by molar-refractivity contribution is 6.09. The first-order chi connectivity index (χ1) is 20.3. The Kier molecular flexibility index (Phi) is 5.63. The predicted octanol–water partition coefficient (Wildman–Crippen LogP) is 10.6. The first-order valence-corrected chi connectivity index (χ1v) is 14.6. The maximum Gasteiger partial charge on any atom is 0.0541 e. The molecule has 1 heterocycles. The highest BCUT2D eigenvalue weighted by atomic mass is 15.0. The average molecular weight is 526 g/mol. The molecule has 1 nitrogen and oxygen atoms in total. The molecule has 0 saturated heterocycles. The Morgan fingerprint density at radius 1 is 0.537 bits per heavy atom. The van der Waals surface area contributed by atoms with E-state index in [4.69, 9.17) is 0 Å². The van der Waals surface area contributed by atoms with E-state index in [0.29, 0.717) is 11.8 Å². The van der Waals surface area contributed by atoms with Gasteiger partial charge in [-0.15, -0.1) is 0 Å². The zero-order valence-electron chi connectivity index (χ0n) is 23.2. The van der Waals surface area contributed by atoms with Gasteiger partial charge in [0.25, 0.3) is 0 Å². The second-order valence-electron chi connectivity index (χ2n) is 11.4. The summed E-state index contributed by atoms with van der Waals surface area (Å²) in [6.45, 7) is 2.39. The van der Waals surface area contributed by atoms with E-state index in [-0.39, 0.29) is 0 Å². The van der Waals surface area contributed by atoms with E-state index < -0.39 is 0 Å². The molecule has 0 saturated carbocycles. The highest BCUT2D eigenvalue weighted by Crippen LogP contribution is 2.45. The van der Waals surface area contributed by atoms with Crippen molar-refractivity contribution in [3.8, 4) is 27.9 Å². The summed E-state index contributed by atoms with van der Waals surface area (Å²) in [6.07, 6.45) is 1.08. The molecule has 1 aromatic heterocycles. The summed E-state index contributed by atoms with van der Waals surface area (Å²) in [5.41, 5.74) is 13.3. The molecule has 0 N–H and O–H groups in total. The molecule has 0 amide bonds. The molecule has 0 fully saturated rings. The van der Waals surface area contributed by atoms with Crippen molar-refractivity contribution in [2.24, 2.45) is 0 Å². The van der Waals surface area contributed by atoms with Gasteiger partial charge in [-0.05, 0) is 81.5 Å². The molecular weight excluding hydrogens is 494 g/mol. The lowest BCUT2D eigenvalue weighted by Gasteiger charge is -2.32. The van der Waals surface area contributed by atoms with Crippen LogP contribution in [0.15, 0.2) is 146 Å². The van der Waals surface area contributed by atoms with Gasteiger partial charge < -0.3 is 4.57 Å². The molecular formula is C40H31N. The Bertz CT molecular complexity index is 1970. The fourth-order valence-corrected chi connectivity index (χ4v) is 7.03. The van der Waals surface area contributed by atoms with Crippen molar-refractivity contribution < 1.29 is 0 Å². The fourth-order valence-electron chi connectivity index (χ4n) is 7.03. The zero-order valence-corrected chi connectivity index (χ0v) is 23.2. The quantitative estimate of drug-likeness (QED) is 0.215. The van der Waals surface area contributed by atoms with Crippen LogP contribution in [0, 0.1) is 0 Å². The predicted molar refractivity (Wildman–Crippen MR) is 173 cm³/mol. The molecule has 0 radical (unpaired) electrons. The third-order valence-corrected chi connectivity index (χ3v) is 9.19. The summed E-state index contributed by atoms with van der Waals surface area (Å²) in [4.78, 5) is 0. The number of rotatable bonds is 4. The lowest BCUT2D eigenvalue weighted by Crippen LogP contribution is -2.17. The number of hydrogen-bond donors (Lipinski definition) is 0. The van der Waals surface area contributed by atoms with E-state index in [1.165, 1.54) is 66.4 Å². The van der Waals surface area contributed by atoms with Crippen molar-refractivity contribution in [3.05, 3.63) is 162 Å². The van der Waals surface area contributed by atoms with E-state index in [2.05, 4.69) is 157 Å². The van der Waals surface area contributed by atoms with E-state index in [1.807, 2.05) is 0 Å². The molecule has 2 atom stereocenters. The van der Waals surface area contributed by atoms with Crippen LogP contribution >= 0.6 is 0 Å². The molecule has 196 valence electrons. The second kappa shape index (κ2) is 9.64. The SMILES string of the molecule is CC(c1ccc(-c2ccc(-n3c4ccccc4c4ccccc43)cc2)cc1)C1Cc2ccccc2-c2ccccc21. The van der Waals surface area contributed by atoms with Crippen LogP contribution in [0.5, 0.6) is 0 Å². The van der Waals surface area contributed by atoms with Gasteiger partial charge in [0.05, 0.1) is 11.0 Å². The molecule has 6 aromatic carbocycles. The molecule has 0 aliphatic heterocycles. The summed E-state index contributed by atoms with van der Waals surface area (Å²) >= 11 is 0. The summed E-state index contributed by atoms with van der Waals surface area (Å²) < 4.78 is 2.37. The smallest absolute Gasteiger partial charge is 0.0541 e. The van der Waals surface area contributed by atoms with Gasteiger partial charge in [-0.3, -0.25) is 0 Å². The largest absolute Gasteiger partial charge is 0.309 e. The van der Waals surface area contributed by atoms with Gasteiger partial charge in [0.1, 0.15) is 0 Å². The lowest BCUT2D eigenvalue weighted by molar-refractivity contribution is 0.568. The Balaban J connectivity index is 1.09. The Hall–Kier alpha value is -4.88. The molecule has 1 aliphatic carbocycles. The van der Waals surface area contributed by atoms with Crippen LogP contribution in [0.1, 0.15) is 35.4 Å². The molecule has 1 heteroatoms. The molecule has 2 unspecified atom stereocenters. The highest BCUT2D eigenvalue weighted by Gasteiger charge is 2.29. The van der Waals surface area contributed by atoms with Crippen LogP contribution in [-0.4, -0.2) is 4.57 Å². The molecule has 8 rings (SSSR count). The lowest BCUT2D eigenvalue weighted by atomic mass is 9.72. The van der Waals surface area contributed by atoms with E-state index in [1.54, 1.807) is 0 Å². The van der Waals surface area contributed by atoms with Crippen LogP contribution in [0.25, 0.3) is 49.7 Å². The summed E-state index contributed by atoms with van der Waals surface area (Å²) in [5.74, 6) is 0.897. The number of para-hydroxylation sites is 2. The third-order valence-electron chi connectivity index (χ3n) is 9.19. The zero-order chi connectivity index (χ0) is 27.3. The first kappa shape index (κ1) is 24.0. The minimum absolute atomic E-state index is 0.427. The van der Waals surface area contributed by atoms with Crippen molar-refractivity contribution in [3.63, 3.8) is 0 Å². The van der Waals surface area contributed by atoms with Crippen LogP contribution < -0.4 is 0 Å². The minimum Gasteiger partial charge on any atom is -0.309 e.